The lowest BCUT2D eigenvalue weighted by atomic mass is 9.74. The van der Waals surface area contributed by atoms with Crippen LogP contribution in [0.25, 0.3) is 5.57 Å². The molecule has 0 N–H and O–H groups in total. The molecule has 0 saturated carbocycles. The molecule has 1 unspecified atom stereocenters. The fraction of sp³-hybridized carbons (Fsp3) is 0.500. The molecule has 6 heteroatoms. The Morgan fingerprint density at radius 1 is 0.714 bits per heavy atom. The van der Waals surface area contributed by atoms with E-state index >= 15 is 0 Å². The van der Waals surface area contributed by atoms with Gasteiger partial charge >= 0.3 is 14.2 Å². The molecule has 0 amide bonds. The normalized spacial score (nSPS) is 25.4. The molecule has 2 aliphatic carbocycles. The monoisotopic (exact) mass is 564 g/mol. The second-order valence-corrected chi connectivity index (χ2v) is 15.5. The zero-order valence-corrected chi connectivity index (χ0v) is 27.3. The lowest BCUT2D eigenvalue weighted by molar-refractivity contribution is 0.00578. The van der Waals surface area contributed by atoms with Crippen LogP contribution in [-0.2, 0) is 24.0 Å². The predicted octanol–water partition coefficient (Wildman–Crippen LogP) is 7.70. The molecule has 4 nitrogen and oxygen atoms in total. The van der Waals surface area contributed by atoms with Gasteiger partial charge in [-0.2, -0.15) is 0 Å². The van der Waals surface area contributed by atoms with Crippen molar-refractivity contribution in [1.29, 1.82) is 0 Å². The minimum absolute atomic E-state index is 0.0868. The van der Waals surface area contributed by atoms with E-state index in [0.29, 0.717) is 0 Å². The van der Waals surface area contributed by atoms with Gasteiger partial charge in [0.2, 0.25) is 0 Å². The lowest BCUT2D eigenvalue weighted by Crippen LogP contribution is -2.41. The third-order valence-corrected chi connectivity index (χ3v) is 10.5. The summed E-state index contributed by atoms with van der Waals surface area (Å²) in [6, 6.07) is 16.0. The zero-order chi connectivity index (χ0) is 30.5. The first-order chi connectivity index (χ1) is 19.4. The lowest BCUT2D eigenvalue weighted by Gasteiger charge is -2.32. The fourth-order valence-corrected chi connectivity index (χ4v) is 6.32. The second kappa shape index (κ2) is 9.56. The van der Waals surface area contributed by atoms with Gasteiger partial charge in [-0.15, -0.1) is 0 Å². The Balaban J connectivity index is 1.45. The second-order valence-electron chi connectivity index (χ2n) is 15.5. The van der Waals surface area contributed by atoms with Gasteiger partial charge in [-0.1, -0.05) is 81.5 Å². The molecule has 220 valence electrons. The summed E-state index contributed by atoms with van der Waals surface area (Å²) >= 11 is 0. The smallest absolute Gasteiger partial charge is 0.399 e. The number of allylic oxidation sites excluding steroid dienone is 6. The van der Waals surface area contributed by atoms with Crippen LogP contribution < -0.4 is 5.46 Å². The van der Waals surface area contributed by atoms with Gasteiger partial charge in [0, 0.05) is 5.92 Å². The zero-order valence-electron chi connectivity index (χ0n) is 27.3. The first-order valence-electron chi connectivity index (χ1n) is 15.5. The highest BCUT2D eigenvalue weighted by atomic mass is 16.7. The molecule has 0 radical (unpaired) electrons. The third kappa shape index (κ3) is 4.79. The number of hydrogen-bond donors (Lipinski definition) is 0. The molecule has 2 aromatic rings. The van der Waals surface area contributed by atoms with E-state index in [4.69, 9.17) is 18.6 Å². The molecule has 6 rings (SSSR count). The third-order valence-electron chi connectivity index (χ3n) is 10.5. The fourth-order valence-electron chi connectivity index (χ4n) is 6.32. The van der Waals surface area contributed by atoms with Crippen LogP contribution >= 0.6 is 0 Å². The molecule has 0 bridgehead atoms. The first kappa shape index (κ1) is 29.7. The van der Waals surface area contributed by atoms with Crippen molar-refractivity contribution in [2.24, 2.45) is 0 Å². The topological polar surface area (TPSA) is 36.9 Å². The van der Waals surface area contributed by atoms with Crippen molar-refractivity contribution in [3.63, 3.8) is 0 Å². The Morgan fingerprint density at radius 3 is 1.81 bits per heavy atom. The van der Waals surface area contributed by atoms with Crippen LogP contribution in [0.2, 0.25) is 0 Å². The van der Waals surface area contributed by atoms with E-state index in [0.717, 1.165) is 17.4 Å². The van der Waals surface area contributed by atoms with E-state index in [1.807, 2.05) is 0 Å². The van der Waals surface area contributed by atoms with Crippen molar-refractivity contribution in [3.05, 3.63) is 94.0 Å². The molecule has 2 fully saturated rings. The molecule has 0 aromatic heterocycles. The molecule has 1 atom stereocenters. The van der Waals surface area contributed by atoms with Crippen molar-refractivity contribution in [2.75, 3.05) is 0 Å². The largest absolute Gasteiger partial charge is 0.494 e. The van der Waals surface area contributed by atoms with Crippen molar-refractivity contribution in [2.45, 2.75) is 116 Å². The molecule has 2 aromatic carbocycles. The van der Waals surface area contributed by atoms with Crippen molar-refractivity contribution in [1.82, 2.24) is 0 Å². The summed E-state index contributed by atoms with van der Waals surface area (Å²) in [6.45, 7) is 23.7. The minimum atomic E-state index is -0.411. The summed E-state index contributed by atoms with van der Waals surface area (Å²) < 4.78 is 26.0. The minimum Gasteiger partial charge on any atom is -0.399 e. The number of hydrogen-bond acceptors (Lipinski definition) is 4. The average molecular weight is 564 g/mol. The average Bonchev–Trinajstić information content (AvgIpc) is 3.29. The Kier molecular flexibility index (Phi) is 6.76. The number of fused-ring (bicyclic) bond motifs is 2. The van der Waals surface area contributed by atoms with Crippen LogP contribution in [0.3, 0.4) is 0 Å². The van der Waals surface area contributed by atoms with Crippen LogP contribution in [0.5, 0.6) is 0 Å². The van der Waals surface area contributed by atoms with Gasteiger partial charge in [0.15, 0.2) is 0 Å². The van der Waals surface area contributed by atoms with Gasteiger partial charge in [0.1, 0.15) is 0 Å². The summed E-state index contributed by atoms with van der Waals surface area (Å²) in [4.78, 5) is 0. The summed E-state index contributed by atoms with van der Waals surface area (Å²) in [5.74, 6) is 0.0868. The highest BCUT2D eigenvalue weighted by molar-refractivity contribution is 6.62. The molecule has 4 aliphatic rings. The highest BCUT2D eigenvalue weighted by Gasteiger charge is 2.53. The molecular formula is C36H46B2O4. The van der Waals surface area contributed by atoms with E-state index in [2.05, 4.69) is 137 Å². The summed E-state index contributed by atoms with van der Waals surface area (Å²) in [6.07, 6.45) is 7.64. The van der Waals surface area contributed by atoms with Gasteiger partial charge in [-0.25, -0.2) is 0 Å². The quantitative estimate of drug-likeness (QED) is 0.358. The standard InChI is InChI=1S/C36H46B2O4/c1-32(2,3)24-17-15-23(16-18-24)31-29-21-25(37-39-33(4,5)34(6,7)40-37)13-12-14-27(29)28-20-19-26(22-30(28)31)38-41-35(8,9)36(10,11)42-38/h12-13,15-22,31H,14H2,1-11H3. The maximum atomic E-state index is 6.51. The van der Waals surface area contributed by atoms with Gasteiger partial charge < -0.3 is 18.6 Å². The maximum absolute atomic E-state index is 6.51. The van der Waals surface area contributed by atoms with Crippen molar-refractivity contribution < 1.29 is 18.6 Å². The van der Waals surface area contributed by atoms with E-state index in [1.165, 1.54) is 33.4 Å². The summed E-state index contributed by atoms with van der Waals surface area (Å²) in [5.41, 5.74) is 8.54. The molecule has 2 heterocycles. The number of benzene rings is 2. The van der Waals surface area contributed by atoms with Crippen LogP contribution in [0.15, 0.2) is 71.7 Å². The van der Waals surface area contributed by atoms with Gasteiger partial charge in [0.05, 0.1) is 22.4 Å². The predicted molar refractivity (Wildman–Crippen MR) is 174 cm³/mol. The van der Waals surface area contributed by atoms with Crippen molar-refractivity contribution in [3.8, 4) is 0 Å². The molecular weight excluding hydrogens is 518 g/mol. The first-order valence-corrected chi connectivity index (χ1v) is 15.5. The van der Waals surface area contributed by atoms with Gasteiger partial charge in [-0.3, -0.25) is 0 Å². The van der Waals surface area contributed by atoms with Gasteiger partial charge in [0.25, 0.3) is 0 Å². The van der Waals surface area contributed by atoms with Crippen LogP contribution in [0.1, 0.15) is 111 Å². The van der Waals surface area contributed by atoms with Gasteiger partial charge in [-0.05, 0) is 112 Å². The summed E-state index contributed by atoms with van der Waals surface area (Å²) in [7, 11) is -0.814. The molecule has 42 heavy (non-hydrogen) atoms. The SMILES string of the molecule is CC(C)(C)c1ccc(C2C3=C(CC=CC(B4OC(C)(C)C(C)(C)O4)=C3)c3ccc(B4OC(C)(C)C(C)(C)O4)cc32)cc1. The van der Waals surface area contributed by atoms with Crippen molar-refractivity contribution >= 4 is 25.3 Å². The number of rotatable bonds is 3. The Bertz CT molecular complexity index is 1470. The van der Waals surface area contributed by atoms with E-state index < -0.39 is 25.4 Å². The van der Waals surface area contributed by atoms with E-state index in [-0.39, 0.29) is 22.5 Å². The van der Waals surface area contributed by atoms with Crippen LogP contribution in [0.4, 0.5) is 0 Å². The Labute approximate surface area is 253 Å². The maximum Gasteiger partial charge on any atom is 0.494 e. The Morgan fingerprint density at radius 2 is 1.26 bits per heavy atom. The summed E-state index contributed by atoms with van der Waals surface area (Å²) in [5, 5.41) is 0. The van der Waals surface area contributed by atoms with Crippen LogP contribution in [0, 0.1) is 0 Å². The highest BCUT2D eigenvalue weighted by Crippen LogP contribution is 2.50. The molecule has 2 aliphatic heterocycles. The molecule has 0 spiro atoms. The van der Waals surface area contributed by atoms with E-state index in [9.17, 15) is 0 Å². The molecule has 2 saturated heterocycles. The van der Waals surface area contributed by atoms with E-state index in [1.54, 1.807) is 0 Å². The Hall–Kier alpha value is -2.37. The van der Waals surface area contributed by atoms with Crippen LogP contribution in [-0.4, -0.2) is 36.6 Å².